The minimum absolute atomic E-state index is 0.00640. The van der Waals surface area contributed by atoms with Crippen LogP contribution in [0.2, 0.25) is 0 Å². The SMILES string of the molecule is Cn1cc(/C=C\C(=O)N2CCC[C@@H]2Cc2cccc(F)c2)c(=O)n(C)c1=O. The maximum atomic E-state index is 13.4. The number of halogens is 1. The van der Waals surface area contributed by atoms with E-state index in [1.165, 1.54) is 42.1 Å². The van der Waals surface area contributed by atoms with E-state index >= 15 is 0 Å². The highest BCUT2D eigenvalue weighted by Crippen LogP contribution is 2.22. The minimum Gasteiger partial charge on any atom is -0.336 e. The lowest BCUT2D eigenvalue weighted by atomic mass is 10.0. The minimum atomic E-state index is -0.445. The number of hydrogen-bond donors (Lipinski definition) is 0. The van der Waals surface area contributed by atoms with Crippen LogP contribution in [0.5, 0.6) is 0 Å². The van der Waals surface area contributed by atoms with Crippen molar-refractivity contribution in [3.8, 4) is 0 Å². The van der Waals surface area contributed by atoms with Gasteiger partial charge in [-0.25, -0.2) is 9.18 Å². The van der Waals surface area contributed by atoms with Gasteiger partial charge in [0.2, 0.25) is 5.91 Å². The van der Waals surface area contributed by atoms with Crippen molar-refractivity contribution in [2.24, 2.45) is 14.1 Å². The Morgan fingerprint density at radius 3 is 2.81 bits per heavy atom. The van der Waals surface area contributed by atoms with E-state index in [0.717, 1.165) is 23.0 Å². The lowest BCUT2D eigenvalue weighted by Crippen LogP contribution is -2.38. The highest BCUT2D eigenvalue weighted by atomic mass is 19.1. The predicted molar refractivity (Wildman–Crippen MR) is 101 cm³/mol. The molecular weight excluding hydrogens is 349 g/mol. The van der Waals surface area contributed by atoms with Crippen molar-refractivity contribution < 1.29 is 9.18 Å². The molecule has 142 valence electrons. The van der Waals surface area contributed by atoms with Gasteiger partial charge < -0.3 is 9.47 Å². The van der Waals surface area contributed by atoms with E-state index in [-0.39, 0.29) is 23.3 Å². The average Bonchev–Trinajstić information content (AvgIpc) is 3.10. The summed E-state index contributed by atoms with van der Waals surface area (Å²) in [6, 6.07) is 6.42. The Balaban J connectivity index is 1.76. The van der Waals surface area contributed by atoms with Gasteiger partial charge in [0, 0.05) is 39.0 Å². The smallest absolute Gasteiger partial charge is 0.330 e. The Bertz CT molecular complexity index is 1010. The van der Waals surface area contributed by atoms with E-state index in [9.17, 15) is 18.8 Å². The van der Waals surface area contributed by atoms with Crippen LogP contribution in [0.4, 0.5) is 4.39 Å². The van der Waals surface area contributed by atoms with Gasteiger partial charge in [-0.2, -0.15) is 0 Å². The summed E-state index contributed by atoms with van der Waals surface area (Å²) in [5, 5.41) is 0. The first-order valence-corrected chi connectivity index (χ1v) is 8.86. The van der Waals surface area contributed by atoms with Crippen LogP contribution >= 0.6 is 0 Å². The molecule has 0 aliphatic carbocycles. The fourth-order valence-electron chi connectivity index (χ4n) is 3.48. The normalized spacial score (nSPS) is 17.0. The molecule has 0 bridgehead atoms. The molecule has 1 atom stereocenters. The second-order valence-electron chi connectivity index (χ2n) is 6.84. The molecule has 27 heavy (non-hydrogen) atoms. The van der Waals surface area contributed by atoms with Crippen LogP contribution in [-0.4, -0.2) is 32.5 Å². The van der Waals surface area contributed by atoms with Gasteiger partial charge in [0.15, 0.2) is 0 Å². The molecule has 2 heterocycles. The van der Waals surface area contributed by atoms with E-state index < -0.39 is 11.2 Å². The van der Waals surface area contributed by atoms with Crippen LogP contribution in [0.1, 0.15) is 24.0 Å². The van der Waals surface area contributed by atoms with E-state index in [1.54, 1.807) is 18.0 Å². The number of hydrogen-bond acceptors (Lipinski definition) is 3. The molecule has 1 fully saturated rings. The lowest BCUT2D eigenvalue weighted by molar-refractivity contribution is -0.126. The van der Waals surface area contributed by atoms with E-state index in [4.69, 9.17) is 0 Å². The number of carbonyl (C=O) groups is 1. The zero-order valence-corrected chi connectivity index (χ0v) is 15.4. The van der Waals surface area contributed by atoms with Gasteiger partial charge in [-0.1, -0.05) is 12.1 Å². The zero-order valence-electron chi connectivity index (χ0n) is 15.4. The molecule has 1 aliphatic heterocycles. The topological polar surface area (TPSA) is 64.3 Å². The van der Waals surface area contributed by atoms with Crippen molar-refractivity contribution in [1.82, 2.24) is 14.0 Å². The first-order chi connectivity index (χ1) is 12.9. The first-order valence-electron chi connectivity index (χ1n) is 8.86. The Hall–Kier alpha value is -2.96. The highest BCUT2D eigenvalue weighted by Gasteiger charge is 2.27. The van der Waals surface area contributed by atoms with Crippen LogP contribution in [-0.2, 0) is 25.3 Å². The highest BCUT2D eigenvalue weighted by molar-refractivity contribution is 5.92. The summed E-state index contributed by atoms with van der Waals surface area (Å²) in [5.41, 5.74) is 0.266. The van der Waals surface area contributed by atoms with Crippen LogP contribution in [0.15, 0.2) is 46.1 Å². The number of nitrogens with zero attached hydrogens (tertiary/aromatic N) is 3. The summed E-state index contributed by atoms with van der Waals surface area (Å²) < 4.78 is 15.7. The molecule has 1 aliphatic rings. The van der Waals surface area contributed by atoms with Gasteiger partial charge >= 0.3 is 5.69 Å². The zero-order chi connectivity index (χ0) is 19.6. The molecule has 6 nitrogen and oxygen atoms in total. The molecule has 1 aromatic carbocycles. The Labute approximate surface area is 156 Å². The van der Waals surface area contributed by atoms with Crippen LogP contribution in [0, 0.1) is 5.82 Å². The summed E-state index contributed by atoms with van der Waals surface area (Å²) in [6.45, 7) is 0.633. The summed E-state index contributed by atoms with van der Waals surface area (Å²) >= 11 is 0. The van der Waals surface area contributed by atoms with Gasteiger partial charge in [-0.3, -0.25) is 14.2 Å². The first kappa shape index (κ1) is 18.8. The van der Waals surface area contributed by atoms with E-state index in [1.807, 2.05) is 6.07 Å². The van der Waals surface area contributed by atoms with Crippen molar-refractivity contribution in [3.63, 3.8) is 0 Å². The molecule has 7 heteroatoms. The number of amides is 1. The largest absolute Gasteiger partial charge is 0.336 e. The third kappa shape index (κ3) is 4.07. The maximum absolute atomic E-state index is 13.4. The number of benzene rings is 1. The van der Waals surface area contributed by atoms with Gasteiger partial charge in [-0.15, -0.1) is 0 Å². The molecule has 0 radical (unpaired) electrons. The van der Waals surface area contributed by atoms with Crippen molar-refractivity contribution in [2.75, 3.05) is 6.54 Å². The number of likely N-dealkylation sites (tertiary alicyclic amines) is 1. The Morgan fingerprint density at radius 1 is 1.30 bits per heavy atom. The van der Waals surface area contributed by atoms with Crippen LogP contribution < -0.4 is 11.2 Å². The number of carbonyl (C=O) groups excluding carboxylic acids is 1. The lowest BCUT2D eigenvalue weighted by Gasteiger charge is -2.23. The molecule has 1 aromatic heterocycles. The molecule has 1 amide bonds. The number of aryl methyl sites for hydroxylation is 1. The number of aromatic nitrogens is 2. The van der Waals surface area contributed by atoms with Crippen molar-refractivity contribution in [3.05, 3.63) is 74.3 Å². The molecule has 2 aromatic rings. The fourth-order valence-corrected chi connectivity index (χ4v) is 3.48. The van der Waals surface area contributed by atoms with Crippen molar-refractivity contribution in [2.45, 2.75) is 25.3 Å². The molecule has 0 saturated carbocycles. The quantitative estimate of drug-likeness (QED) is 0.765. The van der Waals surface area contributed by atoms with Crippen molar-refractivity contribution in [1.29, 1.82) is 0 Å². The molecular formula is C20H22FN3O3. The van der Waals surface area contributed by atoms with Crippen LogP contribution in [0.3, 0.4) is 0 Å². The van der Waals surface area contributed by atoms with Crippen LogP contribution in [0.25, 0.3) is 6.08 Å². The summed E-state index contributed by atoms with van der Waals surface area (Å²) in [5.74, 6) is -0.474. The maximum Gasteiger partial charge on any atom is 0.330 e. The predicted octanol–water partition coefficient (Wildman–Crippen LogP) is 1.47. The Kier molecular flexibility index (Phi) is 5.39. The summed E-state index contributed by atoms with van der Waals surface area (Å²) in [6.07, 6.45) is 6.58. The molecule has 3 rings (SSSR count). The molecule has 0 N–H and O–H groups in total. The Morgan fingerprint density at radius 2 is 2.07 bits per heavy atom. The second-order valence-corrected chi connectivity index (χ2v) is 6.84. The van der Waals surface area contributed by atoms with Gasteiger partial charge in [-0.05, 0) is 43.0 Å². The van der Waals surface area contributed by atoms with E-state index in [0.29, 0.717) is 13.0 Å². The third-order valence-electron chi connectivity index (χ3n) is 4.90. The standard InChI is InChI=1S/C20H22FN3O3/c1-22-13-15(19(26)23(2)20(22)27)8-9-18(25)24-10-4-7-17(24)12-14-5-3-6-16(21)11-14/h3,5-6,8-9,11,13,17H,4,7,10,12H2,1-2H3/b9-8-/t17-/m1/s1. The number of rotatable bonds is 4. The molecule has 1 saturated heterocycles. The van der Waals surface area contributed by atoms with Gasteiger partial charge in [0.25, 0.3) is 5.56 Å². The average molecular weight is 371 g/mol. The van der Waals surface area contributed by atoms with Gasteiger partial charge in [0.1, 0.15) is 5.82 Å². The van der Waals surface area contributed by atoms with E-state index in [2.05, 4.69) is 0 Å². The third-order valence-corrected chi connectivity index (χ3v) is 4.90. The fraction of sp³-hybridized carbons (Fsp3) is 0.350. The van der Waals surface area contributed by atoms with Crippen molar-refractivity contribution >= 4 is 12.0 Å². The second kappa shape index (κ2) is 7.73. The molecule has 0 unspecified atom stereocenters. The molecule has 0 spiro atoms. The summed E-state index contributed by atoms with van der Waals surface area (Å²) in [7, 11) is 2.95. The summed E-state index contributed by atoms with van der Waals surface area (Å²) in [4.78, 5) is 38.3. The monoisotopic (exact) mass is 371 g/mol. The van der Waals surface area contributed by atoms with Gasteiger partial charge in [0.05, 0.1) is 5.56 Å².